The Kier molecular flexibility index (Phi) is 6.36. The molecule has 2 aromatic rings. The summed E-state index contributed by atoms with van der Waals surface area (Å²) in [5.41, 5.74) is 0.782. The summed E-state index contributed by atoms with van der Waals surface area (Å²) in [6, 6.07) is 4.07. The molecule has 106 valence electrons. The Hall–Kier alpha value is -0.480. The Morgan fingerprint density at radius 3 is 2.19 bits per heavy atom. The molecule has 0 radical (unpaired) electrons. The predicted octanol–water partition coefficient (Wildman–Crippen LogP) is -0.861. The predicted molar refractivity (Wildman–Crippen MR) is 72.3 cm³/mol. The molecule has 2 rings (SSSR count). The van der Waals surface area contributed by atoms with Crippen LogP contribution in [-0.4, -0.2) is 27.9 Å². The van der Waals surface area contributed by atoms with Crippen LogP contribution in [0.5, 0.6) is 0 Å². The second-order valence-corrected chi connectivity index (χ2v) is 5.78. The number of aryl methyl sites for hydroxylation is 1. The van der Waals surface area contributed by atoms with Crippen molar-refractivity contribution in [1.29, 1.82) is 0 Å². The van der Waals surface area contributed by atoms with E-state index < -0.39 is 10.1 Å². The minimum absolute atomic E-state index is 0. The van der Waals surface area contributed by atoms with Crippen LogP contribution < -0.4 is 34.9 Å². The fraction of sp³-hybridized carbons (Fsp3) is 0.100. The molecule has 1 aromatic carbocycles. The van der Waals surface area contributed by atoms with Gasteiger partial charge in [0, 0.05) is 5.69 Å². The van der Waals surface area contributed by atoms with Gasteiger partial charge in [-0.05, 0) is 53.9 Å². The molecule has 0 saturated heterocycles. The molecule has 1 N–H and O–H groups in total. The number of rotatable bonds is 3. The topological polar surface area (TPSA) is 108 Å². The van der Waals surface area contributed by atoms with Crippen molar-refractivity contribution in [3.05, 3.63) is 34.3 Å². The van der Waals surface area contributed by atoms with E-state index in [1.54, 1.807) is 0 Å². The summed E-state index contributed by atoms with van der Waals surface area (Å²) in [5, 5.41) is 2.62. The average molecular weight is 357 g/mol. The molecule has 0 bridgehead atoms. The van der Waals surface area contributed by atoms with Crippen molar-refractivity contribution in [1.82, 2.24) is 15.0 Å². The van der Waals surface area contributed by atoms with Gasteiger partial charge in [0.05, 0.1) is 4.90 Å². The summed E-state index contributed by atoms with van der Waals surface area (Å²) in [7, 11) is -4.50. The summed E-state index contributed by atoms with van der Waals surface area (Å²) >= 11 is 11.3. The van der Waals surface area contributed by atoms with E-state index >= 15 is 0 Å². The van der Waals surface area contributed by atoms with Crippen LogP contribution in [0.2, 0.25) is 10.6 Å². The van der Waals surface area contributed by atoms with Crippen LogP contribution >= 0.6 is 23.2 Å². The molecule has 1 aromatic heterocycles. The van der Waals surface area contributed by atoms with Crippen LogP contribution in [-0.2, 0) is 10.1 Å². The fourth-order valence-corrected chi connectivity index (χ4v) is 2.57. The van der Waals surface area contributed by atoms with Crippen molar-refractivity contribution in [3.63, 3.8) is 0 Å². The number of nitrogens with one attached hydrogen (secondary N) is 1. The van der Waals surface area contributed by atoms with Gasteiger partial charge >= 0.3 is 29.6 Å². The van der Waals surface area contributed by atoms with Crippen molar-refractivity contribution in [3.8, 4) is 0 Å². The van der Waals surface area contributed by atoms with Crippen molar-refractivity contribution < 1.29 is 42.5 Å². The van der Waals surface area contributed by atoms with Gasteiger partial charge in [-0.3, -0.25) is 0 Å². The van der Waals surface area contributed by atoms with Crippen molar-refractivity contribution in [2.24, 2.45) is 0 Å². The van der Waals surface area contributed by atoms with Crippen molar-refractivity contribution in [2.45, 2.75) is 11.8 Å². The van der Waals surface area contributed by atoms with Crippen LogP contribution in [0.3, 0.4) is 0 Å². The first-order chi connectivity index (χ1) is 9.25. The number of hydrogen-bond acceptors (Lipinski definition) is 7. The zero-order valence-electron chi connectivity index (χ0n) is 11.0. The van der Waals surface area contributed by atoms with E-state index in [0.717, 1.165) is 0 Å². The fourth-order valence-electron chi connectivity index (χ4n) is 1.52. The van der Waals surface area contributed by atoms with Gasteiger partial charge in [-0.1, -0.05) is 0 Å². The quantitative estimate of drug-likeness (QED) is 0.562. The normalized spacial score (nSPS) is 10.9. The summed E-state index contributed by atoms with van der Waals surface area (Å²) < 4.78 is 32.9. The molecule has 0 atom stereocenters. The first-order valence-electron chi connectivity index (χ1n) is 5.16. The van der Waals surface area contributed by atoms with E-state index in [1.807, 2.05) is 0 Å². The molecule has 21 heavy (non-hydrogen) atoms. The van der Waals surface area contributed by atoms with Crippen molar-refractivity contribution >= 4 is 45.0 Å². The second-order valence-electron chi connectivity index (χ2n) is 3.76. The van der Waals surface area contributed by atoms with E-state index in [2.05, 4.69) is 20.3 Å². The molecule has 1 heterocycles. The Morgan fingerprint density at radius 1 is 1.14 bits per heavy atom. The number of benzene rings is 1. The minimum atomic E-state index is -4.50. The van der Waals surface area contributed by atoms with E-state index in [-0.39, 0.29) is 51.0 Å². The number of nitrogens with zero attached hydrogens (tertiary/aromatic N) is 3. The third kappa shape index (κ3) is 5.03. The van der Waals surface area contributed by atoms with Crippen LogP contribution in [0.15, 0.2) is 23.1 Å². The minimum Gasteiger partial charge on any atom is -0.744 e. The molecule has 0 amide bonds. The van der Waals surface area contributed by atoms with Gasteiger partial charge < -0.3 is 9.87 Å². The van der Waals surface area contributed by atoms with Gasteiger partial charge in [0.25, 0.3) is 0 Å². The number of hydrogen-bond donors (Lipinski definition) is 1. The van der Waals surface area contributed by atoms with Gasteiger partial charge in [-0.2, -0.15) is 15.0 Å². The van der Waals surface area contributed by atoms with Gasteiger partial charge in [-0.15, -0.1) is 0 Å². The maximum Gasteiger partial charge on any atom is 1.00 e. The number of anilines is 2. The number of halogens is 2. The second kappa shape index (κ2) is 7.19. The Bertz CT molecular complexity index is 753. The third-order valence-electron chi connectivity index (χ3n) is 2.28. The molecule has 7 nitrogen and oxygen atoms in total. The maximum atomic E-state index is 11.0. The molecule has 0 aliphatic heterocycles. The smallest absolute Gasteiger partial charge is 0.744 e. The monoisotopic (exact) mass is 356 g/mol. The summed E-state index contributed by atoms with van der Waals surface area (Å²) in [6.45, 7) is 1.50. The standard InChI is InChI=1S/C10H8Cl2N4O3S.Na/c1-5-4-6(2-3-7(5)20(17,18)19)13-10-15-8(11)14-9(12)16-10;/h2-4H,1H3,(H,17,18,19)(H,13,14,15,16);/q;+1/p-1. The van der Waals surface area contributed by atoms with Gasteiger partial charge in [0.1, 0.15) is 10.1 Å². The SMILES string of the molecule is Cc1cc(Nc2nc(Cl)nc(Cl)n2)ccc1S(=O)(=O)[O-].[Na+]. The molecule has 0 aliphatic carbocycles. The van der Waals surface area contributed by atoms with E-state index in [4.69, 9.17) is 23.2 Å². The zero-order chi connectivity index (χ0) is 14.9. The molecule has 0 spiro atoms. The van der Waals surface area contributed by atoms with Gasteiger partial charge in [0.15, 0.2) is 0 Å². The zero-order valence-corrected chi connectivity index (χ0v) is 15.3. The molecule has 0 aliphatic rings. The maximum absolute atomic E-state index is 11.0. The Morgan fingerprint density at radius 2 is 1.71 bits per heavy atom. The largest absolute Gasteiger partial charge is 1.00 e. The molecule has 0 saturated carbocycles. The summed E-state index contributed by atoms with van der Waals surface area (Å²) in [5.74, 6) is 0.104. The summed E-state index contributed by atoms with van der Waals surface area (Å²) in [4.78, 5) is 10.9. The molecule has 0 fully saturated rings. The molecular weight excluding hydrogens is 350 g/mol. The van der Waals surface area contributed by atoms with Crippen LogP contribution in [0.25, 0.3) is 0 Å². The third-order valence-corrected chi connectivity index (χ3v) is 3.62. The summed E-state index contributed by atoms with van der Waals surface area (Å²) in [6.07, 6.45) is 0. The van der Waals surface area contributed by atoms with Crippen LogP contribution in [0, 0.1) is 6.92 Å². The average Bonchev–Trinajstić information content (AvgIpc) is 2.25. The van der Waals surface area contributed by atoms with Crippen LogP contribution in [0.1, 0.15) is 5.56 Å². The Labute approximate surface area is 153 Å². The van der Waals surface area contributed by atoms with Crippen LogP contribution in [0.4, 0.5) is 11.6 Å². The number of aromatic nitrogens is 3. The van der Waals surface area contributed by atoms with Crippen molar-refractivity contribution in [2.75, 3.05) is 5.32 Å². The van der Waals surface area contributed by atoms with Gasteiger partial charge in [0.2, 0.25) is 16.5 Å². The molecule has 0 unspecified atom stereocenters. The molecular formula is C10H7Cl2N4NaO3S. The Balaban J connectivity index is 0.00000220. The molecule has 11 heteroatoms. The van der Waals surface area contributed by atoms with E-state index in [9.17, 15) is 13.0 Å². The van der Waals surface area contributed by atoms with Gasteiger partial charge in [-0.25, -0.2) is 8.42 Å². The first kappa shape index (κ1) is 18.6. The first-order valence-corrected chi connectivity index (χ1v) is 7.33. The van der Waals surface area contributed by atoms with E-state index in [0.29, 0.717) is 11.3 Å². The van der Waals surface area contributed by atoms with E-state index in [1.165, 1.54) is 25.1 Å².